The molecule has 0 bridgehead atoms. The fourth-order valence-corrected chi connectivity index (χ4v) is 1.85. The second-order valence-corrected chi connectivity index (χ2v) is 4.65. The summed E-state index contributed by atoms with van der Waals surface area (Å²) in [5, 5.41) is 3.25. The van der Waals surface area contributed by atoms with Crippen LogP contribution in [0.5, 0.6) is 0 Å². The lowest BCUT2D eigenvalue weighted by molar-refractivity contribution is 0.470. The van der Waals surface area contributed by atoms with Crippen molar-refractivity contribution < 1.29 is 4.39 Å². The Bertz CT molecular complexity index is 443. The standard InChI is InChI=1S/C16H24FN3/c1-4-6-7-11-20(3)16(18-5-2)19-13-14-9-8-10-15(17)12-14/h4,8-10,12H,1,5-7,11,13H2,2-3H3,(H,18,19). The molecule has 0 unspecified atom stereocenters. The van der Waals surface area contributed by atoms with Crippen LogP contribution in [0.4, 0.5) is 4.39 Å². The maximum absolute atomic E-state index is 13.1. The van der Waals surface area contributed by atoms with Crippen molar-refractivity contribution in [2.24, 2.45) is 4.99 Å². The number of hydrogen-bond donors (Lipinski definition) is 1. The fourth-order valence-electron chi connectivity index (χ4n) is 1.85. The van der Waals surface area contributed by atoms with Crippen LogP contribution in [-0.2, 0) is 6.54 Å². The highest BCUT2D eigenvalue weighted by molar-refractivity contribution is 5.79. The molecule has 1 aromatic carbocycles. The van der Waals surface area contributed by atoms with Gasteiger partial charge in [-0.3, -0.25) is 0 Å². The molecule has 0 radical (unpaired) electrons. The van der Waals surface area contributed by atoms with Crippen molar-refractivity contribution >= 4 is 5.96 Å². The van der Waals surface area contributed by atoms with Gasteiger partial charge in [0.05, 0.1) is 6.54 Å². The summed E-state index contributed by atoms with van der Waals surface area (Å²) in [7, 11) is 2.01. The summed E-state index contributed by atoms with van der Waals surface area (Å²) in [6.45, 7) is 7.97. The van der Waals surface area contributed by atoms with Gasteiger partial charge in [0.15, 0.2) is 5.96 Å². The quantitative estimate of drug-likeness (QED) is 0.359. The SMILES string of the molecule is C=CCCCN(C)C(=NCc1cccc(F)c1)NCC. The van der Waals surface area contributed by atoms with Crippen molar-refractivity contribution in [3.63, 3.8) is 0 Å². The van der Waals surface area contributed by atoms with E-state index >= 15 is 0 Å². The van der Waals surface area contributed by atoms with E-state index in [-0.39, 0.29) is 5.82 Å². The zero-order valence-corrected chi connectivity index (χ0v) is 12.4. The molecule has 0 saturated heterocycles. The van der Waals surface area contributed by atoms with Crippen molar-refractivity contribution in [2.45, 2.75) is 26.3 Å². The van der Waals surface area contributed by atoms with E-state index < -0.39 is 0 Å². The van der Waals surface area contributed by atoms with Crippen molar-refractivity contribution in [2.75, 3.05) is 20.1 Å². The summed E-state index contributed by atoms with van der Waals surface area (Å²) in [5.41, 5.74) is 0.875. The summed E-state index contributed by atoms with van der Waals surface area (Å²) in [4.78, 5) is 6.63. The lowest BCUT2D eigenvalue weighted by atomic mass is 10.2. The van der Waals surface area contributed by atoms with Crippen molar-refractivity contribution in [1.29, 1.82) is 0 Å². The van der Waals surface area contributed by atoms with Crippen LogP contribution >= 0.6 is 0 Å². The Labute approximate surface area is 121 Å². The van der Waals surface area contributed by atoms with Gasteiger partial charge in [-0.2, -0.15) is 0 Å². The van der Waals surface area contributed by atoms with Crippen LogP contribution in [0.2, 0.25) is 0 Å². The maximum Gasteiger partial charge on any atom is 0.193 e. The molecule has 1 rings (SSSR count). The van der Waals surface area contributed by atoms with Gasteiger partial charge in [-0.15, -0.1) is 6.58 Å². The minimum Gasteiger partial charge on any atom is -0.357 e. The van der Waals surface area contributed by atoms with E-state index in [1.54, 1.807) is 6.07 Å². The molecule has 0 amide bonds. The van der Waals surface area contributed by atoms with Gasteiger partial charge in [-0.25, -0.2) is 9.38 Å². The largest absolute Gasteiger partial charge is 0.357 e. The average Bonchev–Trinajstić information content (AvgIpc) is 2.43. The van der Waals surface area contributed by atoms with E-state index in [0.717, 1.165) is 37.5 Å². The summed E-state index contributed by atoms with van der Waals surface area (Å²) in [6, 6.07) is 6.55. The van der Waals surface area contributed by atoms with Crippen molar-refractivity contribution in [3.8, 4) is 0 Å². The molecule has 20 heavy (non-hydrogen) atoms. The number of nitrogens with zero attached hydrogens (tertiary/aromatic N) is 2. The lowest BCUT2D eigenvalue weighted by Gasteiger charge is -2.21. The first kappa shape index (κ1) is 16.2. The van der Waals surface area contributed by atoms with Crippen LogP contribution in [0, 0.1) is 5.82 Å². The van der Waals surface area contributed by atoms with Crippen molar-refractivity contribution in [3.05, 3.63) is 48.3 Å². The van der Waals surface area contributed by atoms with Crippen LogP contribution in [0.1, 0.15) is 25.3 Å². The molecule has 0 atom stereocenters. The Morgan fingerprint density at radius 3 is 2.95 bits per heavy atom. The highest BCUT2D eigenvalue weighted by Crippen LogP contribution is 2.05. The molecule has 0 aromatic heterocycles. The van der Waals surface area contributed by atoms with Gasteiger partial charge in [-0.1, -0.05) is 18.2 Å². The number of guanidine groups is 1. The number of benzene rings is 1. The second kappa shape index (κ2) is 9.13. The number of halogens is 1. The van der Waals surface area contributed by atoms with Gasteiger partial charge < -0.3 is 10.2 Å². The number of aliphatic imine (C=N–C) groups is 1. The summed E-state index contributed by atoms with van der Waals surface area (Å²) >= 11 is 0. The van der Waals surface area contributed by atoms with E-state index in [0.29, 0.717) is 6.54 Å². The van der Waals surface area contributed by atoms with E-state index in [9.17, 15) is 4.39 Å². The molecule has 1 aromatic rings. The Hall–Kier alpha value is -1.84. The minimum atomic E-state index is -0.220. The number of allylic oxidation sites excluding steroid dienone is 1. The molecule has 0 fully saturated rings. The molecule has 0 aliphatic heterocycles. The first-order valence-corrected chi connectivity index (χ1v) is 7.02. The fraction of sp³-hybridized carbons (Fsp3) is 0.438. The highest BCUT2D eigenvalue weighted by atomic mass is 19.1. The zero-order chi connectivity index (χ0) is 14.8. The summed E-state index contributed by atoms with van der Waals surface area (Å²) in [6.07, 6.45) is 3.96. The highest BCUT2D eigenvalue weighted by Gasteiger charge is 2.04. The van der Waals surface area contributed by atoms with Crippen LogP contribution in [0.25, 0.3) is 0 Å². The third-order valence-corrected chi connectivity index (χ3v) is 2.90. The predicted octanol–water partition coefficient (Wildman–Crippen LogP) is 3.19. The molecule has 110 valence electrons. The molecule has 3 nitrogen and oxygen atoms in total. The summed E-state index contributed by atoms with van der Waals surface area (Å²) < 4.78 is 13.1. The van der Waals surface area contributed by atoms with Gasteiger partial charge in [0.25, 0.3) is 0 Å². The number of rotatable bonds is 7. The van der Waals surface area contributed by atoms with E-state index in [4.69, 9.17) is 0 Å². The first-order valence-electron chi connectivity index (χ1n) is 7.02. The van der Waals surface area contributed by atoms with Gasteiger partial charge in [0.2, 0.25) is 0 Å². The Balaban J connectivity index is 2.63. The molecule has 4 heteroatoms. The predicted molar refractivity (Wildman–Crippen MR) is 83.3 cm³/mol. The molecular weight excluding hydrogens is 253 g/mol. The van der Waals surface area contributed by atoms with Gasteiger partial charge >= 0.3 is 0 Å². The number of unbranched alkanes of at least 4 members (excludes halogenated alkanes) is 1. The maximum atomic E-state index is 13.1. The molecule has 1 N–H and O–H groups in total. The first-order chi connectivity index (χ1) is 9.67. The van der Waals surface area contributed by atoms with Gasteiger partial charge in [0.1, 0.15) is 5.82 Å². The molecule has 0 aliphatic rings. The Morgan fingerprint density at radius 2 is 2.30 bits per heavy atom. The average molecular weight is 277 g/mol. The minimum absolute atomic E-state index is 0.220. The smallest absolute Gasteiger partial charge is 0.193 e. The number of nitrogens with one attached hydrogen (secondary N) is 1. The van der Waals surface area contributed by atoms with Crippen LogP contribution in [0.15, 0.2) is 41.9 Å². The van der Waals surface area contributed by atoms with Gasteiger partial charge in [-0.05, 0) is 37.5 Å². The van der Waals surface area contributed by atoms with Crippen LogP contribution < -0.4 is 5.32 Å². The van der Waals surface area contributed by atoms with E-state index in [1.165, 1.54) is 12.1 Å². The Morgan fingerprint density at radius 1 is 1.50 bits per heavy atom. The topological polar surface area (TPSA) is 27.6 Å². The molecule has 0 spiro atoms. The zero-order valence-electron chi connectivity index (χ0n) is 12.4. The molecular formula is C16H24FN3. The van der Waals surface area contributed by atoms with Crippen LogP contribution in [-0.4, -0.2) is 31.0 Å². The van der Waals surface area contributed by atoms with Crippen LogP contribution in [0.3, 0.4) is 0 Å². The normalized spacial score (nSPS) is 11.2. The summed E-state index contributed by atoms with van der Waals surface area (Å²) in [5.74, 6) is 0.628. The molecule has 0 aliphatic carbocycles. The Kier molecular flexibility index (Phi) is 7.40. The lowest BCUT2D eigenvalue weighted by Crippen LogP contribution is -2.39. The van der Waals surface area contributed by atoms with E-state index in [2.05, 4.69) is 21.8 Å². The third-order valence-electron chi connectivity index (χ3n) is 2.90. The van der Waals surface area contributed by atoms with Crippen molar-refractivity contribution in [1.82, 2.24) is 10.2 Å². The van der Waals surface area contributed by atoms with Gasteiger partial charge in [0, 0.05) is 20.1 Å². The second-order valence-electron chi connectivity index (χ2n) is 4.65. The third kappa shape index (κ3) is 5.87. The molecule has 0 heterocycles. The van der Waals surface area contributed by atoms with E-state index in [1.807, 2.05) is 26.1 Å². The molecule has 0 saturated carbocycles. The number of hydrogen-bond acceptors (Lipinski definition) is 1. The monoisotopic (exact) mass is 277 g/mol.